The Morgan fingerprint density at radius 3 is 2.44 bits per heavy atom. The topological polar surface area (TPSA) is 259 Å². The van der Waals surface area contributed by atoms with Crippen molar-refractivity contribution in [3.63, 3.8) is 0 Å². The molecule has 1 aliphatic heterocycles. The monoisotopic (exact) mass is 450 g/mol. The molecule has 27 heavy (non-hydrogen) atoms. The molecule has 0 bridgehead atoms. The minimum Gasteiger partial charge on any atom is -0.756 e. The first-order chi connectivity index (χ1) is 12.2. The van der Waals surface area contributed by atoms with Crippen molar-refractivity contribution in [1.29, 1.82) is 0 Å². The minimum atomic E-state index is -6.08. The average molecular weight is 450 g/mol. The number of anilines is 1. The summed E-state index contributed by atoms with van der Waals surface area (Å²) in [6.07, 6.45) is -3.91. The summed E-state index contributed by atoms with van der Waals surface area (Å²) < 4.78 is 49.7. The summed E-state index contributed by atoms with van der Waals surface area (Å²) in [6.45, 7) is -0.637. The van der Waals surface area contributed by atoms with Gasteiger partial charge < -0.3 is 39.7 Å². The van der Waals surface area contributed by atoms with Crippen molar-refractivity contribution in [3.8, 4) is 0 Å². The minimum absolute atomic E-state index is 0.125. The van der Waals surface area contributed by atoms with Crippen LogP contribution in [0.3, 0.4) is 0 Å². The van der Waals surface area contributed by atoms with Gasteiger partial charge in [-0.15, -0.1) is 0 Å². The van der Waals surface area contributed by atoms with Crippen molar-refractivity contribution in [2.24, 2.45) is 0 Å². The Bertz CT molecular complexity index is 897. The van der Waals surface area contributed by atoms with Crippen LogP contribution in [-0.4, -0.2) is 38.4 Å². The Morgan fingerprint density at radius 2 is 1.89 bits per heavy atom. The highest BCUT2D eigenvalue weighted by molar-refractivity contribution is 7.65. The Labute approximate surface area is 149 Å². The summed E-state index contributed by atoms with van der Waals surface area (Å²) in [6, 6.07) is 1.19. The summed E-state index contributed by atoms with van der Waals surface area (Å²) in [7, 11) is -17.8. The second kappa shape index (κ2) is 7.79. The van der Waals surface area contributed by atoms with E-state index in [4.69, 9.17) is 15.4 Å². The third kappa shape index (κ3) is 6.26. The molecule has 4 N–H and O–H groups in total. The van der Waals surface area contributed by atoms with Gasteiger partial charge in [0.05, 0.1) is 6.61 Å². The van der Waals surface area contributed by atoms with E-state index in [1.165, 1.54) is 6.07 Å². The van der Waals surface area contributed by atoms with E-state index >= 15 is 0 Å². The Kier molecular flexibility index (Phi) is 6.44. The number of rotatable bonds is 7. The predicted octanol–water partition coefficient (Wildman–Crippen LogP) is -3.47. The molecule has 6 atom stereocenters. The molecule has 0 aromatic carbocycles. The zero-order valence-electron chi connectivity index (χ0n) is 12.8. The molecular weight excluding hydrogens is 439 g/mol. The predicted molar refractivity (Wildman–Crippen MR) is 76.0 cm³/mol. The number of hydrogen-bond acceptors (Lipinski definition) is 14. The molecule has 16 nitrogen and oxygen atoms in total. The fourth-order valence-electron chi connectivity index (χ4n) is 1.98. The smallest absolute Gasteiger partial charge is 0.351 e. The van der Waals surface area contributed by atoms with Gasteiger partial charge in [0.25, 0.3) is 23.5 Å². The van der Waals surface area contributed by atoms with Crippen molar-refractivity contribution >= 4 is 29.3 Å². The van der Waals surface area contributed by atoms with E-state index in [-0.39, 0.29) is 5.82 Å². The molecule has 1 aromatic heterocycles. The lowest BCUT2D eigenvalue weighted by molar-refractivity contribution is -0.251. The number of nitrogens with two attached hydrogens (primary N) is 1. The molecule has 0 radical (unpaired) electrons. The first kappa shape index (κ1) is 22.3. The van der Waals surface area contributed by atoms with E-state index in [2.05, 4.69) is 18.1 Å². The molecule has 5 unspecified atom stereocenters. The van der Waals surface area contributed by atoms with Gasteiger partial charge in [0.15, 0.2) is 6.23 Å². The summed E-state index contributed by atoms with van der Waals surface area (Å²) in [5.74, 6) is -0.125. The number of ether oxygens (including phenoxy) is 1. The van der Waals surface area contributed by atoms with E-state index in [9.17, 15) is 38.3 Å². The van der Waals surface area contributed by atoms with Crippen LogP contribution in [0.15, 0.2) is 17.1 Å². The highest BCUT2D eigenvalue weighted by Crippen LogP contribution is 2.62. The van der Waals surface area contributed by atoms with Crippen LogP contribution >= 0.6 is 23.5 Å². The standard InChI is InChI=1S/C8H14N3O13P3/c9-5-1-2-11(8(13)10-5)7-6(12)4(3-21-7)22-26(17,18)24-27(19,20)23-25(14,15)16/h1-2,4,6-7,12H,3H2,(H,17,18)(H,19,20)(H2,9,10,13)(H2,14,15,16)/p-3/t4?,6?,7-/m1/s1. The molecule has 2 rings (SSSR count). The highest BCUT2D eigenvalue weighted by atomic mass is 31.3. The van der Waals surface area contributed by atoms with Gasteiger partial charge in [0.1, 0.15) is 18.0 Å². The third-order valence-electron chi connectivity index (χ3n) is 2.90. The van der Waals surface area contributed by atoms with E-state index in [1.807, 2.05) is 0 Å². The van der Waals surface area contributed by atoms with Crippen LogP contribution in [0, 0.1) is 0 Å². The van der Waals surface area contributed by atoms with Crippen LogP contribution in [0.1, 0.15) is 6.23 Å². The van der Waals surface area contributed by atoms with Crippen LogP contribution in [0.5, 0.6) is 0 Å². The summed E-state index contributed by atoms with van der Waals surface area (Å²) in [5.41, 5.74) is 4.36. The quantitative estimate of drug-likeness (QED) is 0.341. The summed E-state index contributed by atoms with van der Waals surface area (Å²) >= 11 is 0. The van der Waals surface area contributed by atoms with Gasteiger partial charge in [-0.05, 0) is 6.07 Å². The molecule has 0 spiro atoms. The number of aliphatic hydroxyl groups excluding tert-OH is 1. The van der Waals surface area contributed by atoms with Crippen LogP contribution in [-0.2, 0) is 31.6 Å². The van der Waals surface area contributed by atoms with Gasteiger partial charge in [0.2, 0.25) is 0 Å². The Hall–Kier alpha value is -0.990. The zero-order chi connectivity index (χ0) is 20.6. The fourth-order valence-corrected chi connectivity index (χ4v) is 5.03. The Morgan fingerprint density at radius 1 is 1.26 bits per heavy atom. The molecule has 1 fully saturated rings. The normalized spacial score (nSPS) is 29.6. The first-order valence-corrected chi connectivity index (χ1v) is 11.0. The lowest BCUT2D eigenvalue weighted by Crippen LogP contribution is -2.36. The molecular formula is C8H11N3O13P3-3. The van der Waals surface area contributed by atoms with Crippen molar-refractivity contribution in [2.75, 3.05) is 12.3 Å². The SMILES string of the molecule is Nc1ccn([C@@H]2OCC(OP(=O)([O-])OP(=O)([O-])OP(=O)([O-])O)C2O)c(=O)n1. The van der Waals surface area contributed by atoms with Crippen LogP contribution in [0.4, 0.5) is 5.82 Å². The molecule has 0 saturated carbocycles. The molecule has 1 aliphatic rings. The molecule has 2 heterocycles. The number of nitrogens with zero attached hydrogens (tertiary/aromatic N) is 2. The molecule has 19 heteroatoms. The van der Waals surface area contributed by atoms with Gasteiger partial charge in [0, 0.05) is 6.20 Å². The maximum Gasteiger partial charge on any atom is 0.351 e. The van der Waals surface area contributed by atoms with Crippen LogP contribution in [0.2, 0.25) is 0 Å². The van der Waals surface area contributed by atoms with Gasteiger partial charge in [-0.25, -0.2) is 13.4 Å². The molecule has 0 amide bonds. The second-order valence-electron chi connectivity index (χ2n) is 4.93. The molecule has 0 aliphatic carbocycles. The zero-order valence-corrected chi connectivity index (χ0v) is 15.5. The largest absolute Gasteiger partial charge is 0.756 e. The molecule has 1 aromatic rings. The van der Waals surface area contributed by atoms with E-state index < -0.39 is 54.2 Å². The fraction of sp³-hybridized carbons (Fsp3) is 0.500. The lowest BCUT2D eigenvalue weighted by atomic mass is 10.2. The van der Waals surface area contributed by atoms with Crippen molar-refractivity contribution < 1.29 is 56.3 Å². The van der Waals surface area contributed by atoms with Crippen LogP contribution in [0.25, 0.3) is 0 Å². The lowest BCUT2D eigenvalue weighted by Gasteiger charge is -2.34. The number of nitrogen functional groups attached to an aromatic ring is 1. The van der Waals surface area contributed by atoms with Crippen LogP contribution < -0.4 is 26.1 Å². The van der Waals surface area contributed by atoms with Crippen molar-refractivity contribution in [2.45, 2.75) is 18.4 Å². The van der Waals surface area contributed by atoms with E-state index in [0.717, 1.165) is 10.8 Å². The maximum absolute atomic E-state index is 11.7. The molecule has 1 saturated heterocycles. The summed E-state index contributed by atoms with van der Waals surface area (Å²) in [4.78, 5) is 56.4. The number of aromatic nitrogens is 2. The van der Waals surface area contributed by atoms with E-state index in [1.54, 1.807) is 0 Å². The van der Waals surface area contributed by atoms with Crippen molar-refractivity contribution in [3.05, 3.63) is 22.7 Å². The average Bonchev–Trinajstić information content (AvgIpc) is 2.75. The van der Waals surface area contributed by atoms with Crippen molar-refractivity contribution in [1.82, 2.24) is 9.55 Å². The highest BCUT2D eigenvalue weighted by Gasteiger charge is 2.41. The van der Waals surface area contributed by atoms with Gasteiger partial charge >= 0.3 is 5.69 Å². The van der Waals surface area contributed by atoms with Gasteiger partial charge in [-0.1, -0.05) is 0 Å². The third-order valence-corrected chi connectivity index (χ3v) is 6.65. The first-order valence-electron chi connectivity index (χ1n) is 6.60. The van der Waals surface area contributed by atoms with Gasteiger partial charge in [-0.3, -0.25) is 18.3 Å². The number of aliphatic hydroxyl groups is 1. The van der Waals surface area contributed by atoms with Gasteiger partial charge in [-0.2, -0.15) is 4.98 Å². The summed E-state index contributed by atoms with van der Waals surface area (Å²) in [5, 5.41) is 10.0. The maximum atomic E-state index is 11.7. The number of phosphoric acid groups is 3. The molecule has 154 valence electrons. The number of phosphoric ester groups is 1. The number of hydrogen-bond donors (Lipinski definition) is 3. The van der Waals surface area contributed by atoms with E-state index in [0.29, 0.717) is 0 Å². The Balaban J connectivity index is 2.09. The second-order valence-corrected chi connectivity index (χ2v) is 9.17.